The quantitative estimate of drug-likeness (QED) is 0.107. The molecule has 0 bridgehead atoms. The number of aliphatic hydroxyl groups is 1. The molecule has 1 aromatic heterocycles. The molecule has 1 fully saturated rings. The molecule has 1 aromatic carbocycles. The van der Waals surface area contributed by atoms with Crippen molar-refractivity contribution < 1.29 is 18.4 Å². The summed E-state index contributed by atoms with van der Waals surface area (Å²) in [6.45, 7) is 14.7. The van der Waals surface area contributed by atoms with Gasteiger partial charge >= 0.3 is 0 Å². The summed E-state index contributed by atoms with van der Waals surface area (Å²) in [7, 11) is 1.25. The minimum atomic E-state index is -0.0899. The van der Waals surface area contributed by atoms with Crippen molar-refractivity contribution in [2.24, 2.45) is 10.9 Å². The number of hydrogen-bond acceptors (Lipinski definition) is 9. The molecule has 1 unspecified atom stereocenters. The number of aromatic nitrogens is 1. The summed E-state index contributed by atoms with van der Waals surface area (Å²) in [5.74, 6) is 2.03. The molecular weight excluding hydrogens is 597 g/mol. The Morgan fingerprint density at radius 1 is 1.29 bits per heavy atom. The molecule has 7 nitrogen and oxygen atoms in total. The van der Waals surface area contributed by atoms with Gasteiger partial charge in [-0.2, -0.15) is 0 Å². The number of fused-ring (bicyclic) bond motifs is 1. The molecule has 0 radical (unpaired) electrons. The predicted octanol–water partition coefficient (Wildman–Crippen LogP) is 7.22. The van der Waals surface area contributed by atoms with Gasteiger partial charge in [-0.3, -0.25) is 9.89 Å². The highest BCUT2D eigenvalue weighted by Crippen LogP contribution is 2.25. The van der Waals surface area contributed by atoms with Crippen LogP contribution in [0.5, 0.6) is 5.75 Å². The van der Waals surface area contributed by atoms with Crippen LogP contribution in [0.4, 0.5) is 0 Å². The number of halogens is 1. The van der Waals surface area contributed by atoms with E-state index in [1.165, 1.54) is 22.1 Å². The van der Waals surface area contributed by atoms with Crippen molar-refractivity contribution in [1.82, 2.24) is 9.88 Å². The minimum Gasteiger partial charge on any atom is -0.493 e. The Kier molecular flexibility index (Phi) is 18.3. The van der Waals surface area contributed by atoms with Crippen molar-refractivity contribution in [1.29, 1.82) is 0 Å². The Bertz CT molecular complexity index is 902. The summed E-state index contributed by atoms with van der Waals surface area (Å²) in [4.78, 5) is 11.9. The molecule has 1 aliphatic rings. The first-order valence-corrected chi connectivity index (χ1v) is 16.2. The van der Waals surface area contributed by atoms with E-state index < -0.39 is 0 Å². The first kappa shape index (κ1) is 32.0. The number of aliphatic hydroxyl groups excluding tert-OH is 1. The second-order valence-corrected chi connectivity index (χ2v) is 9.49. The summed E-state index contributed by atoms with van der Waals surface area (Å²) in [5, 5.41) is 9.42. The molecule has 0 aliphatic carbocycles. The van der Waals surface area contributed by atoms with E-state index in [0.29, 0.717) is 30.4 Å². The zero-order chi connectivity index (χ0) is 25.9. The van der Waals surface area contributed by atoms with Crippen LogP contribution in [0, 0.1) is 5.92 Å². The Morgan fingerprint density at radius 3 is 2.69 bits per heavy atom. The molecule has 1 atom stereocenters. The number of hydrogen-bond donors (Lipinski definition) is 1. The average molecular weight is 636 g/mol. The van der Waals surface area contributed by atoms with E-state index in [0.717, 1.165) is 29.4 Å². The molecule has 196 valence electrons. The Labute approximate surface area is 230 Å². The molecule has 1 aliphatic heterocycles. The highest BCUT2D eigenvalue weighted by atomic mass is 127. The second kappa shape index (κ2) is 20.1. The van der Waals surface area contributed by atoms with Crippen LogP contribution in [0.1, 0.15) is 46.4 Å². The van der Waals surface area contributed by atoms with Gasteiger partial charge in [-0.1, -0.05) is 27.7 Å². The molecular formula is C25H38IN3O4S2. The minimum absolute atomic E-state index is 0.00187. The number of allylic oxidation sites excluding steroid dienone is 1. The standard InChI is InChI=1S/C21H26IN3O4S2.2C2H6/c1-23-11-18(30-15-25-8-2-3-9-25)5-7-21-24-19-6-4-17(10-20(19)29-21)27-13-16(12-26)14-28-31-22;2*1-2/h4-7,10-11,16,26H,1-3,8-9,12-15H2;2*1-2H3/b7-5+,18-11-;;. The van der Waals surface area contributed by atoms with Crippen molar-refractivity contribution in [2.45, 2.75) is 40.5 Å². The van der Waals surface area contributed by atoms with Gasteiger partial charge in [-0.05, 0) is 50.9 Å². The lowest BCUT2D eigenvalue weighted by molar-refractivity contribution is 0.125. The van der Waals surface area contributed by atoms with Crippen LogP contribution < -0.4 is 4.74 Å². The fourth-order valence-corrected chi connectivity index (χ4v) is 4.61. The molecule has 1 N–H and O–H groups in total. The summed E-state index contributed by atoms with van der Waals surface area (Å²) < 4.78 is 16.9. The van der Waals surface area contributed by atoms with Gasteiger partial charge < -0.3 is 18.4 Å². The van der Waals surface area contributed by atoms with Crippen LogP contribution in [0.3, 0.4) is 0 Å². The van der Waals surface area contributed by atoms with Gasteiger partial charge in [0.05, 0.1) is 29.0 Å². The van der Waals surface area contributed by atoms with Gasteiger partial charge in [0.2, 0.25) is 5.89 Å². The highest BCUT2D eigenvalue weighted by Gasteiger charge is 2.12. The van der Waals surface area contributed by atoms with Gasteiger partial charge in [0.15, 0.2) is 5.58 Å². The van der Waals surface area contributed by atoms with Gasteiger partial charge in [0, 0.05) is 56.2 Å². The first-order chi connectivity index (χ1) is 17.2. The van der Waals surface area contributed by atoms with E-state index in [1.807, 2.05) is 79.3 Å². The molecule has 2 aromatic rings. The maximum absolute atomic E-state index is 9.42. The van der Waals surface area contributed by atoms with Gasteiger partial charge in [0.25, 0.3) is 0 Å². The third-order valence-corrected chi connectivity index (χ3v) is 6.75. The van der Waals surface area contributed by atoms with Crippen molar-refractivity contribution in [2.75, 3.05) is 38.8 Å². The largest absolute Gasteiger partial charge is 0.493 e. The first-order valence-electron chi connectivity index (χ1n) is 12.0. The van der Waals surface area contributed by atoms with E-state index in [2.05, 4.69) is 21.6 Å². The number of benzene rings is 1. The Balaban J connectivity index is 0.00000145. The molecule has 35 heavy (non-hydrogen) atoms. The summed E-state index contributed by atoms with van der Waals surface area (Å²) in [6.07, 6.45) is 8.10. The Morgan fingerprint density at radius 2 is 2.03 bits per heavy atom. The third-order valence-electron chi connectivity index (χ3n) is 4.69. The van der Waals surface area contributed by atoms with Gasteiger partial charge in [-0.25, -0.2) is 4.98 Å². The molecule has 2 heterocycles. The second-order valence-electron chi connectivity index (χ2n) is 7.03. The number of thioether (sulfide) groups is 1. The van der Waals surface area contributed by atoms with E-state index in [4.69, 9.17) is 13.3 Å². The summed E-state index contributed by atoms with van der Waals surface area (Å²) in [6, 6.07) is 5.52. The van der Waals surface area contributed by atoms with E-state index in [-0.39, 0.29) is 12.5 Å². The number of likely N-dealkylation sites (tertiary alicyclic amines) is 1. The average Bonchev–Trinajstić information content (AvgIpc) is 3.57. The maximum Gasteiger partial charge on any atom is 0.220 e. The summed E-state index contributed by atoms with van der Waals surface area (Å²) >= 11 is 3.78. The Hall–Kier alpha value is -1.05. The smallest absolute Gasteiger partial charge is 0.220 e. The zero-order valence-electron chi connectivity index (χ0n) is 21.1. The molecule has 0 saturated carbocycles. The monoisotopic (exact) mass is 635 g/mol. The van der Waals surface area contributed by atoms with Crippen molar-refractivity contribution in [3.63, 3.8) is 0 Å². The molecule has 0 amide bonds. The molecule has 0 spiro atoms. The lowest BCUT2D eigenvalue weighted by Gasteiger charge is -2.14. The molecule has 1 saturated heterocycles. The van der Waals surface area contributed by atoms with E-state index >= 15 is 0 Å². The van der Waals surface area contributed by atoms with Crippen molar-refractivity contribution in [3.8, 4) is 5.75 Å². The number of oxazole rings is 1. The van der Waals surface area contributed by atoms with Crippen LogP contribution in [0.15, 0.2) is 44.8 Å². The number of ether oxygens (including phenoxy) is 1. The number of aliphatic imine (C=N–C) groups is 1. The van der Waals surface area contributed by atoms with Gasteiger partial charge in [0.1, 0.15) is 11.3 Å². The maximum atomic E-state index is 9.42. The number of rotatable bonds is 13. The van der Waals surface area contributed by atoms with Crippen LogP contribution >= 0.6 is 42.2 Å². The van der Waals surface area contributed by atoms with Crippen molar-refractivity contribution >= 4 is 66.1 Å². The van der Waals surface area contributed by atoms with Crippen LogP contribution in [-0.4, -0.2) is 60.5 Å². The lowest BCUT2D eigenvalue weighted by atomic mass is 10.2. The van der Waals surface area contributed by atoms with Crippen LogP contribution in [0.2, 0.25) is 0 Å². The highest BCUT2D eigenvalue weighted by molar-refractivity contribution is 14.2. The van der Waals surface area contributed by atoms with Gasteiger partial charge in [-0.15, -0.1) is 11.8 Å². The number of nitrogens with zero attached hydrogens (tertiary/aromatic N) is 3. The third kappa shape index (κ3) is 12.2. The van der Waals surface area contributed by atoms with Crippen LogP contribution in [0.25, 0.3) is 17.2 Å². The zero-order valence-corrected chi connectivity index (χ0v) is 24.9. The predicted molar refractivity (Wildman–Crippen MR) is 160 cm³/mol. The lowest BCUT2D eigenvalue weighted by Crippen LogP contribution is -2.20. The molecule has 3 rings (SSSR count). The van der Waals surface area contributed by atoms with Crippen molar-refractivity contribution in [3.05, 3.63) is 41.3 Å². The molecule has 10 heteroatoms. The normalized spacial score (nSPS) is 14.9. The van der Waals surface area contributed by atoms with E-state index in [9.17, 15) is 5.11 Å². The SMILES string of the molecule is C=N/C=C(/C=C/c1nc2ccc(OCC(CO)COSI)cc2o1)SCN1CCCC1.CC.CC. The topological polar surface area (TPSA) is 80.3 Å². The van der Waals surface area contributed by atoms with Crippen LogP contribution in [-0.2, 0) is 4.18 Å². The van der Waals surface area contributed by atoms with E-state index in [1.54, 1.807) is 18.0 Å². The summed E-state index contributed by atoms with van der Waals surface area (Å²) in [5.41, 5.74) is 1.40. The fraction of sp³-hybridized carbons (Fsp3) is 0.520. The fourth-order valence-electron chi connectivity index (χ4n) is 3.02.